The predicted octanol–water partition coefficient (Wildman–Crippen LogP) is 2.67. The maximum absolute atomic E-state index is 12.9. The normalized spacial score (nSPS) is 12.0. The van der Waals surface area contributed by atoms with Crippen molar-refractivity contribution in [3.63, 3.8) is 0 Å². The van der Waals surface area contributed by atoms with Crippen molar-refractivity contribution >= 4 is 28.1 Å². The number of imidazole rings is 1. The first-order valence-electron chi connectivity index (χ1n) is 8.54. The zero-order valence-corrected chi connectivity index (χ0v) is 16.5. The van der Waals surface area contributed by atoms with Gasteiger partial charge in [-0.2, -0.15) is 0 Å². The van der Waals surface area contributed by atoms with Crippen LogP contribution in [0, 0.1) is 0 Å². The molecule has 0 aliphatic heterocycles. The number of nitrogens with zero attached hydrogens (tertiary/aromatic N) is 3. The van der Waals surface area contributed by atoms with Crippen LogP contribution in [0.15, 0.2) is 35.8 Å². The van der Waals surface area contributed by atoms with Gasteiger partial charge < -0.3 is 15.0 Å². The molecule has 0 saturated carbocycles. The molecule has 3 aromatic rings. The van der Waals surface area contributed by atoms with Crippen molar-refractivity contribution in [3.05, 3.63) is 41.5 Å². The van der Waals surface area contributed by atoms with Crippen LogP contribution in [0.4, 0.5) is 0 Å². The fraction of sp³-hybridized carbons (Fsp3) is 0.316. The molecule has 1 aromatic carbocycles. The average molecular weight is 386 g/mol. The van der Waals surface area contributed by atoms with E-state index in [1.165, 1.54) is 11.3 Å². The molecule has 27 heavy (non-hydrogen) atoms. The van der Waals surface area contributed by atoms with E-state index in [0.29, 0.717) is 5.69 Å². The summed E-state index contributed by atoms with van der Waals surface area (Å²) in [4.78, 5) is 31.5. The van der Waals surface area contributed by atoms with E-state index in [1.54, 1.807) is 35.9 Å². The second-order valence-electron chi connectivity index (χ2n) is 6.24. The third-order valence-corrected chi connectivity index (χ3v) is 5.39. The van der Waals surface area contributed by atoms with E-state index in [4.69, 9.17) is 4.74 Å². The molecule has 0 unspecified atom stereocenters. The maximum atomic E-state index is 12.9. The largest absolute Gasteiger partial charge is 0.496 e. The van der Waals surface area contributed by atoms with E-state index in [-0.39, 0.29) is 24.3 Å². The first kappa shape index (κ1) is 18.9. The number of benzene rings is 1. The summed E-state index contributed by atoms with van der Waals surface area (Å²) in [6, 6.07) is 7.42. The molecule has 2 amide bonds. The highest BCUT2D eigenvalue weighted by Gasteiger charge is 2.23. The summed E-state index contributed by atoms with van der Waals surface area (Å²) in [5, 5.41) is 4.38. The number of rotatable bonds is 6. The molecule has 1 N–H and O–H groups in total. The van der Waals surface area contributed by atoms with Gasteiger partial charge in [0.1, 0.15) is 11.4 Å². The zero-order valence-electron chi connectivity index (χ0n) is 15.7. The maximum Gasteiger partial charge on any atom is 0.271 e. The molecule has 0 aliphatic carbocycles. The lowest BCUT2D eigenvalue weighted by atomic mass is 10.1. The van der Waals surface area contributed by atoms with Crippen molar-refractivity contribution in [2.75, 3.05) is 21.2 Å². The summed E-state index contributed by atoms with van der Waals surface area (Å²) in [5.41, 5.74) is 2.14. The smallest absolute Gasteiger partial charge is 0.271 e. The number of fused-ring (bicyclic) bond motifs is 1. The zero-order chi connectivity index (χ0) is 19.6. The van der Waals surface area contributed by atoms with Crippen molar-refractivity contribution in [1.29, 1.82) is 0 Å². The minimum atomic E-state index is -0.218. The predicted molar refractivity (Wildman–Crippen MR) is 105 cm³/mol. The Balaban J connectivity index is 1.91. The Morgan fingerprint density at radius 1 is 1.37 bits per heavy atom. The Hall–Kier alpha value is -2.87. The lowest BCUT2D eigenvalue weighted by Gasteiger charge is -2.24. The van der Waals surface area contributed by atoms with Crippen LogP contribution in [-0.4, -0.2) is 53.3 Å². The number of hydrogen-bond acceptors (Lipinski definition) is 5. The molecule has 0 radical (unpaired) electrons. The number of nitrogens with one attached hydrogen (secondary N) is 1. The van der Waals surface area contributed by atoms with Gasteiger partial charge in [-0.25, -0.2) is 4.98 Å². The van der Waals surface area contributed by atoms with Crippen molar-refractivity contribution in [3.8, 4) is 17.0 Å². The second kappa shape index (κ2) is 7.79. The number of hydrogen-bond donors (Lipinski definition) is 1. The van der Waals surface area contributed by atoms with Gasteiger partial charge in [-0.1, -0.05) is 12.1 Å². The Morgan fingerprint density at radius 2 is 2.11 bits per heavy atom. The van der Waals surface area contributed by atoms with Crippen molar-refractivity contribution in [2.24, 2.45) is 0 Å². The molecule has 3 rings (SSSR count). The standard InChI is InChI=1S/C19H22N4O3S/c1-12(9-17(24)20-2)22(3)18(25)15-11-27-19-21-14(10-23(15)19)13-7-5-6-8-16(13)26-4/h5-8,10-12H,9H2,1-4H3,(H,20,24)/t12-/m1/s1. The molecule has 2 aromatic heterocycles. The Morgan fingerprint density at radius 3 is 2.81 bits per heavy atom. The number of aromatic nitrogens is 2. The number of para-hydroxylation sites is 1. The van der Waals surface area contributed by atoms with Gasteiger partial charge >= 0.3 is 0 Å². The summed E-state index contributed by atoms with van der Waals surface area (Å²) in [7, 11) is 4.91. The quantitative estimate of drug-likeness (QED) is 0.707. The molecule has 0 saturated heterocycles. The minimum absolute atomic E-state index is 0.0984. The van der Waals surface area contributed by atoms with Crippen LogP contribution < -0.4 is 10.1 Å². The monoisotopic (exact) mass is 386 g/mol. The Labute approximate surface area is 161 Å². The molecule has 0 spiro atoms. The molecule has 0 bridgehead atoms. The van der Waals surface area contributed by atoms with Gasteiger partial charge in [0.15, 0.2) is 4.96 Å². The lowest BCUT2D eigenvalue weighted by molar-refractivity contribution is -0.121. The molecule has 7 nitrogen and oxygen atoms in total. The summed E-state index contributed by atoms with van der Waals surface area (Å²) < 4.78 is 7.20. The highest BCUT2D eigenvalue weighted by atomic mass is 32.1. The molecule has 142 valence electrons. The van der Waals surface area contributed by atoms with E-state index >= 15 is 0 Å². The van der Waals surface area contributed by atoms with E-state index in [0.717, 1.165) is 22.0 Å². The van der Waals surface area contributed by atoms with Gasteiger partial charge in [0.2, 0.25) is 5.91 Å². The summed E-state index contributed by atoms with van der Waals surface area (Å²) in [6.45, 7) is 1.85. The SMILES string of the molecule is CNC(=O)C[C@@H](C)N(C)C(=O)c1csc2nc(-c3ccccc3OC)cn12. The summed E-state index contributed by atoms with van der Waals surface area (Å²) >= 11 is 1.40. The van der Waals surface area contributed by atoms with Crippen LogP contribution in [0.25, 0.3) is 16.2 Å². The van der Waals surface area contributed by atoms with E-state index in [1.807, 2.05) is 37.4 Å². The average Bonchev–Trinajstić information content (AvgIpc) is 3.27. The van der Waals surface area contributed by atoms with Crippen molar-refractivity contribution in [2.45, 2.75) is 19.4 Å². The highest BCUT2D eigenvalue weighted by molar-refractivity contribution is 7.15. The fourth-order valence-corrected chi connectivity index (χ4v) is 3.66. The van der Waals surface area contributed by atoms with Gasteiger partial charge in [-0.05, 0) is 19.1 Å². The van der Waals surface area contributed by atoms with Gasteiger partial charge in [-0.15, -0.1) is 11.3 Å². The Bertz CT molecular complexity index is 978. The summed E-state index contributed by atoms with van der Waals surface area (Å²) in [6.07, 6.45) is 2.09. The minimum Gasteiger partial charge on any atom is -0.496 e. The van der Waals surface area contributed by atoms with Crippen LogP contribution in [0.2, 0.25) is 0 Å². The highest BCUT2D eigenvalue weighted by Crippen LogP contribution is 2.31. The van der Waals surface area contributed by atoms with Gasteiger partial charge in [0, 0.05) is 43.7 Å². The molecule has 1 atom stereocenters. The molecule has 0 fully saturated rings. The van der Waals surface area contributed by atoms with E-state index in [9.17, 15) is 9.59 Å². The lowest BCUT2D eigenvalue weighted by Crippen LogP contribution is -2.38. The third kappa shape index (κ3) is 3.66. The fourth-order valence-electron chi connectivity index (χ4n) is 2.81. The molecule has 0 aliphatic rings. The number of methoxy groups -OCH3 is 1. The van der Waals surface area contributed by atoms with Crippen molar-refractivity contribution in [1.82, 2.24) is 19.6 Å². The van der Waals surface area contributed by atoms with Crippen molar-refractivity contribution < 1.29 is 14.3 Å². The Kier molecular flexibility index (Phi) is 5.46. The second-order valence-corrected chi connectivity index (χ2v) is 7.08. The van der Waals surface area contributed by atoms with Crippen LogP contribution in [0.3, 0.4) is 0 Å². The van der Waals surface area contributed by atoms with Crippen LogP contribution >= 0.6 is 11.3 Å². The number of thiazole rings is 1. The van der Waals surface area contributed by atoms with Crippen LogP contribution in [0.5, 0.6) is 5.75 Å². The number of ether oxygens (including phenoxy) is 1. The third-order valence-electron chi connectivity index (χ3n) is 4.55. The molecular weight excluding hydrogens is 364 g/mol. The van der Waals surface area contributed by atoms with Gasteiger partial charge in [0.25, 0.3) is 5.91 Å². The van der Waals surface area contributed by atoms with Crippen LogP contribution in [-0.2, 0) is 4.79 Å². The van der Waals surface area contributed by atoms with E-state index in [2.05, 4.69) is 10.3 Å². The van der Waals surface area contributed by atoms with E-state index < -0.39 is 0 Å². The first-order chi connectivity index (χ1) is 13.0. The summed E-state index contributed by atoms with van der Waals surface area (Å²) in [5.74, 6) is 0.479. The molecular formula is C19H22N4O3S. The van der Waals surface area contributed by atoms with Gasteiger partial charge in [-0.3, -0.25) is 14.0 Å². The molecule has 8 heteroatoms. The van der Waals surface area contributed by atoms with Crippen LogP contribution in [0.1, 0.15) is 23.8 Å². The number of carbonyl (C=O) groups is 2. The number of carbonyl (C=O) groups excluding carboxylic acids is 2. The number of amides is 2. The first-order valence-corrected chi connectivity index (χ1v) is 9.42. The van der Waals surface area contributed by atoms with Gasteiger partial charge in [0.05, 0.1) is 12.8 Å². The molecule has 2 heterocycles. The topological polar surface area (TPSA) is 75.9 Å².